The van der Waals surface area contributed by atoms with Crippen molar-refractivity contribution < 1.29 is 23.8 Å². The van der Waals surface area contributed by atoms with Crippen LogP contribution in [0.2, 0.25) is 0 Å². The number of amides is 2. The number of anilines is 1. The molecule has 3 aliphatic heterocycles. The van der Waals surface area contributed by atoms with Gasteiger partial charge in [-0.05, 0) is 36.2 Å². The van der Waals surface area contributed by atoms with E-state index in [-0.39, 0.29) is 37.2 Å². The molecule has 5 rings (SSSR count). The number of benzene rings is 2. The van der Waals surface area contributed by atoms with Gasteiger partial charge in [-0.15, -0.1) is 0 Å². The molecule has 2 atom stereocenters. The zero-order valence-electron chi connectivity index (χ0n) is 16.9. The SMILES string of the molecule is COc1ccc(C2CC3C(=O)N(CC(=O)Nc4ccc5c(c4)OCO5)C=CN3N2)cc1. The third kappa shape index (κ3) is 3.75. The molecule has 2 aromatic carbocycles. The molecule has 160 valence electrons. The molecular formula is C22H22N4O5. The Morgan fingerprint density at radius 2 is 1.97 bits per heavy atom. The minimum atomic E-state index is -0.365. The van der Waals surface area contributed by atoms with Gasteiger partial charge in [0.05, 0.1) is 13.2 Å². The van der Waals surface area contributed by atoms with Gasteiger partial charge in [0.1, 0.15) is 18.3 Å². The summed E-state index contributed by atoms with van der Waals surface area (Å²) < 4.78 is 15.8. The quantitative estimate of drug-likeness (QED) is 0.761. The maximum Gasteiger partial charge on any atom is 0.251 e. The summed E-state index contributed by atoms with van der Waals surface area (Å²) in [4.78, 5) is 26.9. The molecule has 2 N–H and O–H groups in total. The molecule has 0 saturated carbocycles. The monoisotopic (exact) mass is 422 g/mol. The van der Waals surface area contributed by atoms with Gasteiger partial charge in [-0.1, -0.05) is 12.1 Å². The first-order valence-electron chi connectivity index (χ1n) is 9.97. The number of hydrogen-bond acceptors (Lipinski definition) is 7. The lowest BCUT2D eigenvalue weighted by atomic mass is 10.0. The summed E-state index contributed by atoms with van der Waals surface area (Å²) in [5.74, 6) is 1.61. The number of nitrogens with zero attached hydrogens (tertiary/aromatic N) is 2. The molecule has 2 amide bonds. The second-order valence-corrected chi connectivity index (χ2v) is 7.49. The number of carbonyl (C=O) groups excluding carboxylic acids is 2. The Bertz CT molecular complexity index is 1040. The van der Waals surface area contributed by atoms with Gasteiger partial charge in [0, 0.05) is 24.2 Å². The molecule has 9 nitrogen and oxygen atoms in total. The topological polar surface area (TPSA) is 92.4 Å². The molecule has 0 radical (unpaired) electrons. The lowest BCUT2D eigenvalue weighted by Crippen LogP contribution is -2.49. The minimum Gasteiger partial charge on any atom is -0.497 e. The summed E-state index contributed by atoms with van der Waals surface area (Å²) in [5.41, 5.74) is 5.01. The van der Waals surface area contributed by atoms with E-state index in [1.807, 2.05) is 29.3 Å². The molecule has 2 aromatic rings. The van der Waals surface area contributed by atoms with Gasteiger partial charge >= 0.3 is 0 Å². The van der Waals surface area contributed by atoms with Crippen LogP contribution in [0.1, 0.15) is 18.0 Å². The molecule has 0 bridgehead atoms. The average molecular weight is 422 g/mol. The van der Waals surface area contributed by atoms with Gasteiger partial charge in [0.25, 0.3) is 5.91 Å². The van der Waals surface area contributed by atoms with Crippen LogP contribution < -0.4 is 25.0 Å². The Labute approximate surface area is 179 Å². The predicted molar refractivity (Wildman–Crippen MR) is 111 cm³/mol. The van der Waals surface area contributed by atoms with Crippen molar-refractivity contribution in [2.24, 2.45) is 0 Å². The van der Waals surface area contributed by atoms with E-state index in [0.29, 0.717) is 23.6 Å². The number of methoxy groups -OCH3 is 1. The van der Waals surface area contributed by atoms with E-state index in [1.54, 1.807) is 37.7 Å². The minimum absolute atomic E-state index is 0.00640. The molecule has 2 unspecified atom stereocenters. The molecule has 0 aliphatic carbocycles. The normalized spacial score (nSPS) is 21.3. The second-order valence-electron chi connectivity index (χ2n) is 7.49. The van der Waals surface area contributed by atoms with Crippen LogP contribution in [0.25, 0.3) is 0 Å². The van der Waals surface area contributed by atoms with Gasteiger partial charge in [-0.2, -0.15) is 0 Å². The Balaban J connectivity index is 1.21. The largest absolute Gasteiger partial charge is 0.497 e. The lowest BCUT2D eigenvalue weighted by Gasteiger charge is -2.31. The van der Waals surface area contributed by atoms with Crippen LogP contribution in [0.15, 0.2) is 54.9 Å². The zero-order valence-corrected chi connectivity index (χ0v) is 16.9. The maximum atomic E-state index is 13.0. The average Bonchev–Trinajstić information content (AvgIpc) is 3.43. The van der Waals surface area contributed by atoms with E-state index < -0.39 is 0 Å². The molecule has 0 aromatic heterocycles. The predicted octanol–water partition coefficient (Wildman–Crippen LogP) is 2.00. The molecule has 31 heavy (non-hydrogen) atoms. The van der Waals surface area contributed by atoms with Crippen LogP contribution in [0.3, 0.4) is 0 Å². The first kappa shape index (κ1) is 19.3. The van der Waals surface area contributed by atoms with Crippen LogP contribution in [-0.2, 0) is 9.59 Å². The first-order chi connectivity index (χ1) is 15.1. The third-order valence-electron chi connectivity index (χ3n) is 5.56. The third-order valence-corrected chi connectivity index (χ3v) is 5.56. The van der Waals surface area contributed by atoms with Crippen LogP contribution in [-0.4, -0.2) is 48.2 Å². The first-order valence-corrected chi connectivity index (χ1v) is 9.97. The van der Waals surface area contributed by atoms with Crippen molar-refractivity contribution in [3.8, 4) is 17.2 Å². The number of nitrogens with one attached hydrogen (secondary N) is 2. The van der Waals surface area contributed by atoms with Gasteiger partial charge in [-0.25, -0.2) is 5.43 Å². The highest BCUT2D eigenvalue weighted by atomic mass is 16.7. The van der Waals surface area contributed by atoms with Crippen LogP contribution >= 0.6 is 0 Å². The number of rotatable bonds is 5. The van der Waals surface area contributed by atoms with Gasteiger partial charge in [0.2, 0.25) is 12.7 Å². The Hall–Kier alpha value is -3.72. The highest BCUT2D eigenvalue weighted by molar-refractivity contribution is 5.96. The number of ether oxygens (including phenoxy) is 3. The standard InChI is InChI=1S/C22H22N4O5/c1-29-16-5-2-14(3-6-16)17-11-18-22(28)25(8-9-26(18)24-17)12-21(27)23-15-4-7-19-20(10-15)31-13-30-19/h2-10,17-18,24H,11-13H2,1H3,(H,23,27). The molecule has 1 fully saturated rings. The summed E-state index contributed by atoms with van der Waals surface area (Å²) in [6, 6.07) is 12.6. The summed E-state index contributed by atoms with van der Waals surface area (Å²) in [7, 11) is 1.63. The van der Waals surface area contributed by atoms with Crippen LogP contribution in [0.4, 0.5) is 5.69 Å². The lowest BCUT2D eigenvalue weighted by molar-refractivity contribution is -0.137. The van der Waals surface area contributed by atoms with Crippen molar-refractivity contribution in [3.63, 3.8) is 0 Å². The van der Waals surface area contributed by atoms with Gasteiger partial charge in [-0.3, -0.25) is 9.59 Å². The van der Waals surface area contributed by atoms with Crippen LogP contribution in [0.5, 0.6) is 17.2 Å². The summed E-state index contributed by atoms with van der Waals surface area (Å²) in [6.45, 7) is 0.102. The Morgan fingerprint density at radius 3 is 2.77 bits per heavy atom. The Morgan fingerprint density at radius 1 is 1.16 bits per heavy atom. The van der Waals surface area contributed by atoms with Gasteiger partial charge < -0.3 is 29.4 Å². The highest BCUT2D eigenvalue weighted by Crippen LogP contribution is 2.34. The van der Waals surface area contributed by atoms with Crippen molar-refractivity contribution in [1.29, 1.82) is 0 Å². The summed E-state index contributed by atoms with van der Waals surface area (Å²) in [6.07, 6.45) is 4.03. The number of hydrogen-bond donors (Lipinski definition) is 2. The summed E-state index contributed by atoms with van der Waals surface area (Å²) >= 11 is 0. The fourth-order valence-electron chi connectivity index (χ4n) is 3.95. The number of carbonyl (C=O) groups is 2. The number of hydrazine groups is 1. The molecular weight excluding hydrogens is 400 g/mol. The maximum absolute atomic E-state index is 13.0. The molecule has 3 heterocycles. The van der Waals surface area contributed by atoms with Crippen molar-refractivity contribution in [1.82, 2.24) is 15.3 Å². The second kappa shape index (κ2) is 7.84. The molecule has 0 spiro atoms. The van der Waals surface area contributed by atoms with Gasteiger partial charge in [0.15, 0.2) is 11.5 Å². The van der Waals surface area contributed by atoms with Crippen molar-refractivity contribution in [2.45, 2.75) is 18.5 Å². The zero-order chi connectivity index (χ0) is 21.4. The van der Waals surface area contributed by atoms with E-state index in [9.17, 15) is 9.59 Å². The molecule has 9 heteroatoms. The van der Waals surface area contributed by atoms with Crippen molar-refractivity contribution >= 4 is 17.5 Å². The van der Waals surface area contributed by atoms with Crippen molar-refractivity contribution in [3.05, 3.63) is 60.4 Å². The highest BCUT2D eigenvalue weighted by Gasteiger charge is 2.40. The van der Waals surface area contributed by atoms with E-state index in [0.717, 1.165) is 11.3 Å². The van der Waals surface area contributed by atoms with Crippen LogP contribution in [0, 0.1) is 0 Å². The number of fused-ring (bicyclic) bond motifs is 2. The van der Waals surface area contributed by atoms with Crippen molar-refractivity contribution in [2.75, 3.05) is 25.8 Å². The van der Waals surface area contributed by atoms with E-state index in [4.69, 9.17) is 14.2 Å². The smallest absolute Gasteiger partial charge is 0.251 e. The molecule has 3 aliphatic rings. The fraction of sp³-hybridized carbons (Fsp3) is 0.273. The Kier molecular flexibility index (Phi) is 4.87. The fourth-order valence-corrected chi connectivity index (χ4v) is 3.95. The van der Waals surface area contributed by atoms with E-state index in [1.165, 1.54) is 4.90 Å². The molecule has 1 saturated heterocycles. The van der Waals surface area contributed by atoms with E-state index in [2.05, 4.69) is 10.7 Å². The summed E-state index contributed by atoms with van der Waals surface area (Å²) in [5, 5.41) is 4.61. The van der Waals surface area contributed by atoms with E-state index >= 15 is 0 Å².